The lowest BCUT2D eigenvalue weighted by atomic mass is 10.1. The van der Waals surface area contributed by atoms with Crippen molar-refractivity contribution >= 4 is 17.6 Å². The van der Waals surface area contributed by atoms with Crippen LogP contribution in [0.2, 0.25) is 0 Å². The van der Waals surface area contributed by atoms with Gasteiger partial charge < -0.3 is 10.0 Å². The van der Waals surface area contributed by atoms with Gasteiger partial charge in [0.05, 0.1) is 11.8 Å². The number of carbonyl (C=O) groups is 2. The molecule has 20 heavy (non-hydrogen) atoms. The van der Waals surface area contributed by atoms with Crippen molar-refractivity contribution in [3.63, 3.8) is 0 Å². The number of rotatable bonds is 2. The predicted molar refractivity (Wildman–Crippen MR) is 70.8 cm³/mol. The summed E-state index contributed by atoms with van der Waals surface area (Å²) in [6, 6.07) is 4.83. The van der Waals surface area contributed by atoms with Crippen LogP contribution in [-0.2, 0) is 6.42 Å². The minimum Gasteiger partial charge on any atom is -0.478 e. The summed E-state index contributed by atoms with van der Waals surface area (Å²) >= 11 is 0. The topological polar surface area (TPSA) is 83.4 Å². The van der Waals surface area contributed by atoms with E-state index in [9.17, 15) is 9.59 Å². The summed E-state index contributed by atoms with van der Waals surface area (Å²) in [5.74, 6) is -1.27. The molecule has 0 bridgehead atoms. The van der Waals surface area contributed by atoms with Gasteiger partial charge in [-0.1, -0.05) is 6.07 Å². The van der Waals surface area contributed by atoms with E-state index in [2.05, 4.69) is 9.97 Å². The van der Waals surface area contributed by atoms with Crippen LogP contribution in [0.1, 0.15) is 26.4 Å². The van der Waals surface area contributed by atoms with Gasteiger partial charge in [0.1, 0.15) is 5.69 Å². The molecule has 0 saturated heterocycles. The number of fused-ring (bicyclic) bond motifs is 1. The van der Waals surface area contributed by atoms with Crippen LogP contribution in [0.25, 0.3) is 0 Å². The molecule has 0 radical (unpaired) electrons. The Morgan fingerprint density at radius 2 is 2.10 bits per heavy atom. The summed E-state index contributed by atoms with van der Waals surface area (Å²) in [5, 5.41) is 9.03. The lowest BCUT2D eigenvalue weighted by Crippen LogP contribution is -2.29. The third-order valence-corrected chi connectivity index (χ3v) is 3.26. The van der Waals surface area contributed by atoms with E-state index in [1.54, 1.807) is 17.0 Å². The van der Waals surface area contributed by atoms with Gasteiger partial charge in [-0.15, -0.1) is 0 Å². The van der Waals surface area contributed by atoms with Gasteiger partial charge >= 0.3 is 5.97 Å². The maximum atomic E-state index is 12.4. The molecule has 1 aromatic carbocycles. The highest BCUT2D eigenvalue weighted by Crippen LogP contribution is 2.30. The molecule has 1 amide bonds. The number of carboxylic acids is 1. The molecule has 3 rings (SSSR count). The molecule has 0 fully saturated rings. The Bertz CT molecular complexity index is 685. The molecule has 0 saturated carbocycles. The fraction of sp³-hybridized carbons (Fsp3) is 0.143. The van der Waals surface area contributed by atoms with Crippen LogP contribution in [0.15, 0.2) is 36.8 Å². The van der Waals surface area contributed by atoms with E-state index in [0.29, 0.717) is 18.7 Å². The van der Waals surface area contributed by atoms with Gasteiger partial charge in [0, 0.05) is 24.6 Å². The Labute approximate surface area is 114 Å². The largest absolute Gasteiger partial charge is 0.478 e. The molecule has 1 aromatic heterocycles. The van der Waals surface area contributed by atoms with Gasteiger partial charge in [-0.25, -0.2) is 9.78 Å². The summed E-state index contributed by atoms with van der Waals surface area (Å²) in [4.78, 5) is 32.8. The minimum absolute atomic E-state index is 0.169. The zero-order chi connectivity index (χ0) is 14.1. The second-order valence-electron chi connectivity index (χ2n) is 4.45. The van der Waals surface area contributed by atoms with Crippen molar-refractivity contribution < 1.29 is 14.7 Å². The molecule has 2 aromatic rings. The normalized spacial score (nSPS) is 13.1. The van der Waals surface area contributed by atoms with Crippen molar-refractivity contribution in [1.29, 1.82) is 0 Å². The maximum Gasteiger partial charge on any atom is 0.335 e. The van der Waals surface area contributed by atoms with Crippen LogP contribution in [0.4, 0.5) is 5.69 Å². The highest BCUT2D eigenvalue weighted by atomic mass is 16.4. The molecule has 6 heteroatoms. The van der Waals surface area contributed by atoms with Crippen molar-refractivity contribution in [2.45, 2.75) is 6.42 Å². The van der Waals surface area contributed by atoms with Gasteiger partial charge in [-0.05, 0) is 24.1 Å². The fourth-order valence-electron chi connectivity index (χ4n) is 2.27. The van der Waals surface area contributed by atoms with Crippen molar-refractivity contribution in [3.8, 4) is 0 Å². The lowest BCUT2D eigenvalue weighted by Gasteiger charge is -2.16. The van der Waals surface area contributed by atoms with E-state index >= 15 is 0 Å². The smallest absolute Gasteiger partial charge is 0.335 e. The number of anilines is 1. The Kier molecular flexibility index (Phi) is 2.90. The van der Waals surface area contributed by atoms with Crippen LogP contribution in [0.5, 0.6) is 0 Å². The van der Waals surface area contributed by atoms with Crippen molar-refractivity contribution in [2.75, 3.05) is 11.4 Å². The molecule has 0 atom stereocenters. The molecule has 1 aliphatic rings. The van der Waals surface area contributed by atoms with Gasteiger partial charge in [0.2, 0.25) is 0 Å². The monoisotopic (exact) mass is 269 g/mol. The van der Waals surface area contributed by atoms with E-state index in [0.717, 1.165) is 5.56 Å². The minimum atomic E-state index is -1.01. The first-order valence-corrected chi connectivity index (χ1v) is 6.11. The first-order valence-electron chi connectivity index (χ1n) is 6.11. The summed E-state index contributed by atoms with van der Waals surface area (Å²) in [5.41, 5.74) is 2.02. The van der Waals surface area contributed by atoms with Crippen molar-refractivity contribution in [2.24, 2.45) is 0 Å². The van der Waals surface area contributed by atoms with E-state index in [1.165, 1.54) is 24.7 Å². The molecule has 0 spiro atoms. The highest BCUT2D eigenvalue weighted by Gasteiger charge is 2.27. The molecular weight excluding hydrogens is 258 g/mol. The number of nitrogens with zero attached hydrogens (tertiary/aromatic N) is 3. The third-order valence-electron chi connectivity index (χ3n) is 3.26. The molecule has 0 unspecified atom stereocenters. The lowest BCUT2D eigenvalue weighted by molar-refractivity contribution is 0.0696. The molecular formula is C14H11N3O3. The number of carbonyl (C=O) groups excluding carboxylic acids is 1. The number of aromatic nitrogens is 2. The summed E-state index contributed by atoms with van der Waals surface area (Å²) < 4.78 is 0. The van der Waals surface area contributed by atoms with Gasteiger partial charge in [0.25, 0.3) is 5.91 Å². The molecule has 1 N–H and O–H groups in total. The predicted octanol–water partition coefficient (Wildman–Crippen LogP) is 1.38. The Balaban J connectivity index is 1.98. The Morgan fingerprint density at radius 1 is 1.25 bits per heavy atom. The average Bonchev–Trinajstić information content (AvgIpc) is 2.90. The Hall–Kier alpha value is -2.76. The van der Waals surface area contributed by atoms with E-state index < -0.39 is 5.97 Å². The van der Waals surface area contributed by atoms with Crippen LogP contribution in [0, 0.1) is 0 Å². The number of carboxylic acid groups (broad SMARTS) is 1. The maximum absolute atomic E-state index is 12.4. The van der Waals surface area contributed by atoms with Crippen LogP contribution in [-0.4, -0.2) is 33.5 Å². The number of amides is 1. The molecule has 6 nitrogen and oxygen atoms in total. The highest BCUT2D eigenvalue weighted by molar-refractivity contribution is 6.06. The van der Waals surface area contributed by atoms with Crippen LogP contribution < -0.4 is 4.90 Å². The molecule has 0 aliphatic carbocycles. The summed E-state index contributed by atoms with van der Waals surface area (Å²) in [6.07, 6.45) is 5.07. The first kappa shape index (κ1) is 12.3. The van der Waals surface area contributed by atoms with Crippen LogP contribution >= 0.6 is 0 Å². The number of hydrogen-bond donors (Lipinski definition) is 1. The average molecular weight is 269 g/mol. The van der Waals surface area contributed by atoms with Gasteiger partial charge in [0.15, 0.2) is 0 Å². The first-order chi connectivity index (χ1) is 9.66. The SMILES string of the molecule is O=C(O)c1ccc2c(c1)N(C(=O)c1cnccn1)CC2. The fourth-order valence-corrected chi connectivity index (χ4v) is 2.27. The Morgan fingerprint density at radius 3 is 2.80 bits per heavy atom. The zero-order valence-corrected chi connectivity index (χ0v) is 10.5. The van der Waals surface area contributed by atoms with Crippen LogP contribution in [0.3, 0.4) is 0 Å². The van der Waals surface area contributed by atoms with E-state index in [-0.39, 0.29) is 17.2 Å². The van der Waals surface area contributed by atoms with E-state index in [1.807, 2.05) is 0 Å². The van der Waals surface area contributed by atoms with E-state index in [4.69, 9.17) is 5.11 Å². The number of benzene rings is 1. The summed E-state index contributed by atoms with van der Waals surface area (Å²) in [7, 11) is 0. The quantitative estimate of drug-likeness (QED) is 0.890. The van der Waals surface area contributed by atoms with Gasteiger partial charge in [-0.2, -0.15) is 0 Å². The third kappa shape index (κ3) is 2.01. The second kappa shape index (κ2) is 4.73. The van der Waals surface area contributed by atoms with Gasteiger partial charge in [-0.3, -0.25) is 9.78 Å². The van der Waals surface area contributed by atoms with Crippen molar-refractivity contribution in [1.82, 2.24) is 9.97 Å². The number of aromatic carboxylic acids is 1. The zero-order valence-electron chi connectivity index (χ0n) is 10.5. The number of hydrogen-bond acceptors (Lipinski definition) is 4. The van der Waals surface area contributed by atoms with Crippen molar-refractivity contribution in [3.05, 3.63) is 53.6 Å². The summed E-state index contributed by atoms with van der Waals surface area (Å²) in [6.45, 7) is 0.522. The molecule has 2 heterocycles. The standard InChI is InChI=1S/C14H11N3O3/c18-13(11-8-15-4-5-16-11)17-6-3-9-1-2-10(14(19)20)7-12(9)17/h1-2,4-5,7-8H,3,6H2,(H,19,20). The second-order valence-corrected chi connectivity index (χ2v) is 4.45. The molecule has 100 valence electrons. The molecule has 1 aliphatic heterocycles.